The molecule has 0 heterocycles. The highest BCUT2D eigenvalue weighted by molar-refractivity contribution is 5.32. The van der Waals surface area contributed by atoms with Crippen LogP contribution in [0.1, 0.15) is 6.42 Å². The molecule has 0 radical (unpaired) electrons. The predicted molar refractivity (Wildman–Crippen MR) is 43.2 cm³/mol. The monoisotopic (exact) mass is 136 g/mol. The van der Waals surface area contributed by atoms with E-state index in [2.05, 4.69) is 6.08 Å². The highest BCUT2D eigenvalue weighted by Gasteiger charge is 1.92. The van der Waals surface area contributed by atoms with E-state index in [9.17, 15) is 0 Å². The lowest BCUT2D eigenvalue weighted by Gasteiger charge is -1.94. The molecule has 54 valence electrons. The van der Waals surface area contributed by atoms with E-state index in [0.717, 1.165) is 17.7 Å². The van der Waals surface area contributed by atoms with Gasteiger partial charge >= 0.3 is 0 Å². The molecule has 0 aromatic rings. The first-order valence-corrected chi connectivity index (χ1v) is 3.36. The van der Waals surface area contributed by atoms with Crippen LogP contribution in [-0.2, 0) is 0 Å². The van der Waals surface area contributed by atoms with Gasteiger partial charge in [-0.3, -0.25) is 0 Å². The first kappa shape index (κ1) is 7.09. The average molecular weight is 136 g/mol. The van der Waals surface area contributed by atoms with Crippen LogP contribution in [-0.4, -0.2) is 6.54 Å². The summed E-state index contributed by atoms with van der Waals surface area (Å²) in [6.07, 6.45) is 8.84. The second kappa shape index (κ2) is 3.22. The van der Waals surface area contributed by atoms with Crippen molar-refractivity contribution in [3.63, 3.8) is 0 Å². The van der Waals surface area contributed by atoms with E-state index in [0.29, 0.717) is 6.54 Å². The fourth-order valence-corrected chi connectivity index (χ4v) is 0.887. The summed E-state index contributed by atoms with van der Waals surface area (Å²) in [5.74, 6) is 0. The molecule has 0 amide bonds. The number of hydrogen-bond acceptors (Lipinski definition) is 2. The Kier molecular flexibility index (Phi) is 2.29. The fraction of sp³-hybridized carbons (Fsp3) is 0.250. The molecule has 4 N–H and O–H groups in total. The average Bonchev–Trinajstić information content (AvgIpc) is 2.13. The maximum atomic E-state index is 5.58. The van der Waals surface area contributed by atoms with Gasteiger partial charge < -0.3 is 11.5 Å². The van der Waals surface area contributed by atoms with Gasteiger partial charge in [0, 0.05) is 12.2 Å². The molecule has 1 aliphatic carbocycles. The lowest BCUT2D eigenvalue weighted by Crippen LogP contribution is -2.02. The van der Waals surface area contributed by atoms with Crippen LogP contribution in [0.3, 0.4) is 0 Å². The Morgan fingerprint density at radius 2 is 2.30 bits per heavy atom. The van der Waals surface area contributed by atoms with Gasteiger partial charge in [-0.2, -0.15) is 0 Å². The SMILES string of the molecule is NCC1=CCC=CC(N)=C1. The summed E-state index contributed by atoms with van der Waals surface area (Å²) in [6.45, 7) is 0.572. The van der Waals surface area contributed by atoms with Crippen molar-refractivity contribution in [2.45, 2.75) is 6.42 Å². The normalized spacial score (nSPS) is 17.7. The second-order valence-electron chi connectivity index (χ2n) is 2.27. The van der Waals surface area contributed by atoms with Gasteiger partial charge in [-0.25, -0.2) is 0 Å². The Morgan fingerprint density at radius 3 is 3.00 bits per heavy atom. The minimum absolute atomic E-state index is 0.572. The van der Waals surface area contributed by atoms with E-state index in [1.807, 2.05) is 18.2 Å². The standard InChI is InChI=1S/C8H12N2/c9-6-7-3-1-2-4-8(10)5-7/h2-5H,1,6,9-10H2. The summed E-state index contributed by atoms with van der Waals surface area (Å²) in [6, 6.07) is 0. The van der Waals surface area contributed by atoms with Crippen molar-refractivity contribution in [1.29, 1.82) is 0 Å². The molecule has 2 nitrogen and oxygen atoms in total. The maximum Gasteiger partial charge on any atom is 0.0314 e. The van der Waals surface area contributed by atoms with Crippen LogP contribution in [0.5, 0.6) is 0 Å². The van der Waals surface area contributed by atoms with E-state index < -0.39 is 0 Å². The van der Waals surface area contributed by atoms with Gasteiger partial charge in [0.15, 0.2) is 0 Å². The van der Waals surface area contributed by atoms with Gasteiger partial charge in [0.2, 0.25) is 0 Å². The molecule has 0 aromatic carbocycles. The van der Waals surface area contributed by atoms with Gasteiger partial charge in [-0.05, 0) is 24.1 Å². The van der Waals surface area contributed by atoms with Gasteiger partial charge in [-0.1, -0.05) is 12.2 Å². The third-order valence-electron chi connectivity index (χ3n) is 1.41. The highest BCUT2D eigenvalue weighted by Crippen LogP contribution is 2.05. The zero-order valence-corrected chi connectivity index (χ0v) is 5.88. The number of rotatable bonds is 1. The molecule has 0 fully saturated rings. The minimum Gasteiger partial charge on any atom is -0.399 e. The summed E-state index contributed by atoms with van der Waals surface area (Å²) >= 11 is 0. The lowest BCUT2D eigenvalue weighted by atomic mass is 10.2. The van der Waals surface area contributed by atoms with Crippen molar-refractivity contribution in [2.24, 2.45) is 11.5 Å². The van der Waals surface area contributed by atoms with Crippen molar-refractivity contribution in [3.8, 4) is 0 Å². The van der Waals surface area contributed by atoms with Crippen molar-refractivity contribution < 1.29 is 0 Å². The Balaban J connectivity index is 2.77. The van der Waals surface area contributed by atoms with Crippen LogP contribution < -0.4 is 11.5 Å². The van der Waals surface area contributed by atoms with E-state index in [-0.39, 0.29) is 0 Å². The first-order valence-electron chi connectivity index (χ1n) is 3.36. The van der Waals surface area contributed by atoms with Gasteiger partial charge in [0.05, 0.1) is 0 Å². The Labute approximate surface area is 60.9 Å². The summed E-state index contributed by atoms with van der Waals surface area (Å²) in [4.78, 5) is 0. The van der Waals surface area contributed by atoms with Gasteiger partial charge in [0.1, 0.15) is 0 Å². The molecule has 0 spiro atoms. The molecular weight excluding hydrogens is 124 g/mol. The molecule has 0 atom stereocenters. The number of nitrogens with two attached hydrogens (primary N) is 2. The summed E-state index contributed by atoms with van der Waals surface area (Å²) in [5, 5.41) is 0. The van der Waals surface area contributed by atoms with Crippen LogP contribution >= 0.6 is 0 Å². The molecule has 0 saturated heterocycles. The molecule has 2 heteroatoms. The third kappa shape index (κ3) is 1.74. The van der Waals surface area contributed by atoms with Gasteiger partial charge in [-0.15, -0.1) is 0 Å². The van der Waals surface area contributed by atoms with Crippen molar-refractivity contribution >= 4 is 0 Å². The molecule has 0 unspecified atom stereocenters. The lowest BCUT2D eigenvalue weighted by molar-refractivity contribution is 1.16. The molecular formula is C8H12N2. The number of allylic oxidation sites excluding steroid dienone is 3. The largest absolute Gasteiger partial charge is 0.399 e. The van der Waals surface area contributed by atoms with E-state index >= 15 is 0 Å². The zero-order chi connectivity index (χ0) is 7.40. The van der Waals surface area contributed by atoms with E-state index in [1.165, 1.54) is 0 Å². The van der Waals surface area contributed by atoms with E-state index in [4.69, 9.17) is 11.5 Å². The van der Waals surface area contributed by atoms with Crippen molar-refractivity contribution in [1.82, 2.24) is 0 Å². The number of hydrogen-bond donors (Lipinski definition) is 2. The van der Waals surface area contributed by atoms with Crippen LogP contribution in [0.15, 0.2) is 35.6 Å². The predicted octanol–water partition coefficient (Wildman–Crippen LogP) is 0.674. The zero-order valence-electron chi connectivity index (χ0n) is 5.88. The maximum absolute atomic E-state index is 5.58. The van der Waals surface area contributed by atoms with Gasteiger partial charge in [0.25, 0.3) is 0 Å². The molecule has 1 aliphatic rings. The van der Waals surface area contributed by atoms with Crippen LogP contribution in [0, 0.1) is 0 Å². The van der Waals surface area contributed by atoms with Crippen LogP contribution in [0.2, 0.25) is 0 Å². The van der Waals surface area contributed by atoms with Crippen LogP contribution in [0.4, 0.5) is 0 Å². The summed E-state index contributed by atoms with van der Waals surface area (Å²) < 4.78 is 0. The van der Waals surface area contributed by atoms with E-state index in [1.54, 1.807) is 0 Å². The highest BCUT2D eigenvalue weighted by atomic mass is 14.6. The van der Waals surface area contributed by atoms with Crippen LogP contribution in [0.25, 0.3) is 0 Å². The smallest absolute Gasteiger partial charge is 0.0314 e. The Bertz CT molecular complexity index is 199. The third-order valence-corrected chi connectivity index (χ3v) is 1.41. The Morgan fingerprint density at radius 1 is 1.50 bits per heavy atom. The first-order chi connectivity index (χ1) is 4.83. The van der Waals surface area contributed by atoms with Crippen molar-refractivity contribution in [3.05, 3.63) is 35.6 Å². The summed E-state index contributed by atoms with van der Waals surface area (Å²) in [5.41, 5.74) is 12.9. The molecule has 0 aliphatic heterocycles. The molecule has 0 aromatic heterocycles. The van der Waals surface area contributed by atoms with Crippen molar-refractivity contribution in [2.75, 3.05) is 6.54 Å². The topological polar surface area (TPSA) is 52.0 Å². The summed E-state index contributed by atoms with van der Waals surface area (Å²) in [7, 11) is 0. The second-order valence-corrected chi connectivity index (χ2v) is 2.27. The minimum atomic E-state index is 0.572. The molecule has 1 rings (SSSR count). The Hall–Kier alpha value is -1.02. The fourth-order valence-electron chi connectivity index (χ4n) is 0.887. The molecule has 0 bridgehead atoms. The molecule has 0 saturated carbocycles. The quantitative estimate of drug-likeness (QED) is 0.556. The molecule has 10 heavy (non-hydrogen) atoms.